The van der Waals surface area contributed by atoms with Crippen LogP contribution in [0.1, 0.15) is 33.2 Å². The Morgan fingerprint density at radius 3 is 2.00 bits per heavy atom. The van der Waals surface area contributed by atoms with Gasteiger partial charge >= 0.3 is 0 Å². The SMILES string of the molecule is CCN(Cc1ccc2nc(NC(=O)c3ccccc3)nc(NC(=O)c3ccccc3)c2c1)c1ccc(OC)cc1. The highest BCUT2D eigenvalue weighted by Crippen LogP contribution is 2.27. The van der Waals surface area contributed by atoms with Crippen molar-refractivity contribution in [2.24, 2.45) is 0 Å². The Hall–Kier alpha value is -5.24. The Morgan fingerprint density at radius 2 is 1.40 bits per heavy atom. The average Bonchev–Trinajstić information content (AvgIpc) is 3.01. The van der Waals surface area contributed by atoms with Gasteiger partial charge in [0.2, 0.25) is 5.95 Å². The van der Waals surface area contributed by atoms with E-state index in [4.69, 9.17) is 4.74 Å². The number of fused-ring (bicyclic) bond motifs is 1. The Labute approximate surface area is 232 Å². The zero-order valence-corrected chi connectivity index (χ0v) is 22.3. The zero-order chi connectivity index (χ0) is 27.9. The molecule has 8 nitrogen and oxygen atoms in total. The number of amides is 2. The predicted octanol–water partition coefficient (Wildman–Crippen LogP) is 6.17. The number of rotatable bonds is 9. The van der Waals surface area contributed by atoms with Crippen LogP contribution in [0.5, 0.6) is 5.75 Å². The average molecular weight is 532 g/mol. The van der Waals surface area contributed by atoms with Gasteiger partial charge in [0, 0.05) is 35.3 Å². The number of benzene rings is 4. The Bertz CT molecular complexity index is 1620. The third-order valence-electron chi connectivity index (χ3n) is 6.48. The molecule has 1 aromatic heterocycles. The number of ether oxygens (including phenoxy) is 1. The van der Waals surface area contributed by atoms with Gasteiger partial charge in [0.15, 0.2) is 0 Å². The maximum atomic E-state index is 13.1. The maximum Gasteiger partial charge on any atom is 0.258 e. The molecule has 2 N–H and O–H groups in total. The van der Waals surface area contributed by atoms with Crippen molar-refractivity contribution in [3.63, 3.8) is 0 Å². The van der Waals surface area contributed by atoms with Gasteiger partial charge in [-0.05, 0) is 73.2 Å². The molecule has 0 fully saturated rings. The van der Waals surface area contributed by atoms with Gasteiger partial charge in [-0.3, -0.25) is 14.9 Å². The fraction of sp³-hybridized carbons (Fsp3) is 0.125. The molecule has 0 bridgehead atoms. The second kappa shape index (κ2) is 12.1. The second-order valence-electron chi connectivity index (χ2n) is 9.10. The van der Waals surface area contributed by atoms with E-state index in [-0.39, 0.29) is 17.8 Å². The van der Waals surface area contributed by atoms with Gasteiger partial charge in [0.1, 0.15) is 11.6 Å². The highest BCUT2D eigenvalue weighted by molar-refractivity contribution is 6.09. The Balaban J connectivity index is 1.49. The predicted molar refractivity (Wildman–Crippen MR) is 158 cm³/mol. The van der Waals surface area contributed by atoms with Gasteiger partial charge in [-0.1, -0.05) is 42.5 Å². The molecule has 0 saturated heterocycles. The minimum Gasteiger partial charge on any atom is -0.497 e. The summed E-state index contributed by atoms with van der Waals surface area (Å²) < 4.78 is 5.29. The van der Waals surface area contributed by atoms with Crippen LogP contribution in [0.2, 0.25) is 0 Å². The van der Waals surface area contributed by atoms with Crippen LogP contribution >= 0.6 is 0 Å². The summed E-state index contributed by atoms with van der Waals surface area (Å²) in [5, 5.41) is 6.36. The third-order valence-corrected chi connectivity index (χ3v) is 6.48. The molecular formula is C32H29N5O3. The van der Waals surface area contributed by atoms with Gasteiger partial charge < -0.3 is 15.0 Å². The first-order valence-electron chi connectivity index (χ1n) is 13.0. The molecule has 200 valence electrons. The zero-order valence-electron chi connectivity index (χ0n) is 22.3. The maximum absolute atomic E-state index is 13.1. The highest BCUT2D eigenvalue weighted by atomic mass is 16.5. The van der Waals surface area contributed by atoms with E-state index in [2.05, 4.69) is 32.4 Å². The molecule has 4 aromatic carbocycles. The summed E-state index contributed by atoms with van der Waals surface area (Å²) in [6.45, 7) is 3.53. The van der Waals surface area contributed by atoms with E-state index >= 15 is 0 Å². The van der Waals surface area contributed by atoms with Crippen LogP contribution in [0, 0.1) is 0 Å². The van der Waals surface area contributed by atoms with Crippen LogP contribution in [-0.4, -0.2) is 35.4 Å². The molecule has 5 rings (SSSR count). The van der Waals surface area contributed by atoms with Crippen molar-refractivity contribution in [2.45, 2.75) is 13.5 Å². The van der Waals surface area contributed by atoms with Gasteiger partial charge in [-0.2, -0.15) is 4.98 Å². The number of carbonyl (C=O) groups excluding carboxylic acids is 2. The smallest absolute Gasteiger partial charge is 0.258 e. The summed E-state index contributed by atoms with van der Waals surface area (Å²) in [6, 6.07) is 31.5. The first kappa shape index (κ1) is 26.4. The fourth-order valence-electron chi connectivity index (χ4n) is 4.36. The van der Waals surface area contributed by atoms with E-state index in [9.17, 15) is 9.59 Å². The summed E-state index contributed by atoms with van der Waals surface area (Å²) in [7, 11) is 1.65. The van der Waals surface area contributed by atoms with Crippen molar-refractivity contribution >= 4 is 40.2 Å². The first-order chi connectivity index (χ1) is 19.5. The van der Waals surface area contributed by atoms with Crippen molar-refractivity contribution in [3.05, 3.63) is 120 Å². The Kier molecular flexibility index (Phi) is 7.97. The molecule has 0 aliphatic carbocycles. The number of aromatic nitrogens is 2. The fourth-order valence-corrected chi connectivity index (χ4v) is 4.36. The highest BCUT2D eigenvalue weighted by Gasteiger charge is 2.16. The lowest BCUT2D eigenvalue weighted by Gasteiger charge is -2.24. The molecule has 8 heteroatoms. The quantitative estimate of drug-likeness (QED) is 0.236. The van der Waals surface area contributed by atoms with Crippen molar-refractivity contribution in [1.29, 1.82) is 0 Å². The number of nitrogens with one attached hydrogen (secondary N) is 2. The number of carbonyl (C=O) groups is 2. The summed E-state index contributed by atoms with van der Waals surface area (Å²) >= 11 is 0. The monoisotopic (exact) mass is 531 g/mol. The molecule has 0 atom stereocenters. The molecule has 0 unspecified atom stereocenters. The van der Waals surface area contributed by atoms with Crippen LogP contribution in [0.15, 0.2) is 103 Å². The van der Waals surface area contributed by atoms with E-state index < -0.39 is 0 Å². The van der Waals surface area contributed by atoms with E-state index in [0.29, 0.717) is 34.4 Å². The minimum absolute atomic E-state index is 0.103. The van der Waals surface area contributed by atoms with Crippen molar-refractivity contribution < 1.29 is 14.3 Å². The molecule has 5 aromatic rings. The minimum atomic E-state index is -0.338. The molecule has 40 heavy (non-hydrogen) atoms. The van der Waals surface area contributed by atoms with E-state index in [1.165, 1.54) is 0 Å². The van der Waals surface area contributed by atoms with Crippen molar-refractivity contribution in [3.8, 4) is 5.75 Å². The van der Waals surface area contributed by atoms with Crippen LogP contribution in [0.25, 0.3) is 10.9 Å². The molecule has 1 heterocycles. The lowest BCUT2D eigenvalue weighted by molar-refractivity contribution is 0.101. The number of anilines is 3. The summed E-state index contributed by atoms with van der Waals surface area (Å²) in [4.78, 5) is 37.2. The second-order valence-corrected chi connectivity index (χ2v) is 9.10. The molecule has 0 spiro atoms. The summed E-state index contributed by atoms with van der Waals surface area (Å²) in [5.74, 6) is 0.578. The van der Waals surface area contributed by atoms with Crippen molar-refractivity contribution in [1.82, 2.24) is 9.97 Å². The first-order valence-corrected chi connectivity index (χ1v) is 13.0. The van der Waals surface area contributed by atoms with Crippen LogP contribution in [0.4, 0.5) is 17.5 Å². The number of nitrogens with zero attached hydrogens (tertiary/aromatic N) is 3. The molecule has 0 saturated carbocycles. The van der Waals surface area contributed by atoms with Gasteiger partial charge in [0.05, 0.1) is 12.6 Å². The largest absolute Gasteiger partial charge is 0.497 e. The lowest BCUT2D eigenvalue weighted by atomic mass is 10.1. The van der Waals surface area contributed by atoms with E-state index in [0.717, 1.165) is 23.5 Å². The third kappa shape index (κ3) is 6.07. The molecular weight excluding hydrogens is 502 g/mol. The molecule has 2 amide bonds. The number of hydrogen-bond acceptors (Lipinski definition) is 6. The lowest BCUT2D eigenvalue weighted by Crippen LogP contribution is -2.22. The molecule has 0 aliphatic heterocycles. The van der Waals surface area contributed by atoms with Crippen LogP contribution < -0.4 is 20.3 Å². The summed E-state index contributed by atoms with van der Waals surface area (Å²) in [6.07, 6.45) is 0. The number of hydrogen-bond donors (Lipinski definition) is 2. The topological polar surface area (TPSA) is 96.5 Å². The van der Waals surface area contributed by atoms with Crippen molar-refractivity contribution in [2.75, 3.05) is 29.2 Å². The van der Waals surface area contributed by atoms with Crippen LogP contribution in [0.3, 0.4) is 0 Å². The standard InChI is InChI=1S/C32H29N5O3/c1-3-37(25-15-17-26(40-2)18-16-25)21-22-14-19-28-27(20-22)29(34-30(38)23-10-6-4-7-11-23)35-32(33-28)36-31(39)24-12-8-5-9-13-24/h4-20H,3,21H2,1-2H3,(H2,33,34,35,36,38,39). The van der Waals surface area contributed by atoms with Gasteiger partial charge in [0.25, 0.3) is 11.8 Å². The van der Waals surface area contributed by atoms with E-state index in [1.807, 2.05) is 54.6 Å². The Morgan fingerprint density at radius 1 is 0.775 bits per heavy atom. The van der Waals surface area contributed by atoms with Gasteiger partial charge in [-0.15, -0.1) is 0 Å². The summed E-state index contributed by atoms with van der Waals surface area (Å²) in [5.41, 5.74) is 3.66. The number of methoxy groups -OCH3 is 1. The van der Waals surface area contributed by atoms with E-state index in [1.54, 1.807) is 55.6 Å². The normalized spacial score (nSPS) is 10.7. The van der Waals surface area contributed by atoms with Crippen LogP contribution in [-0.2, 0) is 6.54 Å². The van der Waals surface area contributed by atoms with Gasteiger partial charge in [-0.25, -0.2) is 4.98 Å². The molecule has 0 aliphatic rings. The molecule has 0 radical (unpaired) electrons.